The second kappa shape index (κ2) is 3.91. The number of hydrazine groups is 1. The van der Waals surface area contributed by atoms with Gasteiger partial charge < -0.3 is 4.42 Å². The Balaban J connectivity index is 2.76. The topological polar surface area (TPSA) is 85.3 Å². The van der Waals surface area contributed by atoms with Gasteiger partial charge in [0.2, 0.25) is 0 Å². The Morgan fingerprint density at radius 3 is 2.77 bits per heavy atom. The number of furan rings is 1. The lowest BCUT2D eigenvalue weighted by Gasteiger charge is -2.11. The molecule has 74 valence electrons. The molecule has 0 saturated heterocycles. The fraction of sp³-hybridized carbons (Fsp3) is 0.429. The Bertz CT molecular complexity index is 344. The van der Waals surface area contributed by atoms with Crippen LogP contribution in [0.15, 0.2) is 22.8 Å². The average molecular weight is 204 g/mol. The van der Waals surface area contributed by atoms with Crippen LogP contribution in [-0.2, 0) is 9.84 Å². The molecule has 0 spiro atoms. The molecule has 13 heavy (non-hydrogen) atoms. The van der Waals surface area contributed by atoms with Gasteiger partial charge in [-0.15, -0.1) is 0 Å². The minimum Gasteiger partial charge on any atom is -0.468 e. The number of hydrogen-bond donors (Lipinski definition) is 2. The molecule has 0 aromatic carbocycles. The van der Waals surface area contributed by atoms with Crippen molar-refractivity contribution in [3.8, 4) is 0 Å². The lowest BCUT2D eigenvalue weighted by Crippen LogP contribution is -2.32. The normalized spacial score (nSPS) is 14.3. The fourth-order valence-corrected chi connectivity index (χ4v) is 1.87. The van der Waals surface area contributed by atoms with Crippen molar-refractivity contribution in [2.45, 2.75) is 6.04 Å². The average Bonchev–Trinajstić information content (AvgIpc) is 2.50. The van der Waals surface area contributed by atoms with E-state index in [0.29, 0.717) is 5.76 Å². The van der Waals surface area contributed by atoms with E-state index in [1.54, 1.807) is 12.1 Å². The maximum Gasteiger partial charge on any atom is 0.149 e. The molecule has 0 radical (unpaired) electrons. The molecule has 1 aromatic rings. The molecule has 5 nitrogen and oxygen atoms in total. The molecule has 1 rings (SSSR count). The van der Waals surface area contributed by atoms with Gasteiger partial charge in [-0.3, -0.25) is 5.84 Å². The Hall–Kier alpha value is -0.850. The third-order valence-corrected chi connectivity index (χ3v) is 2.50. The molecule has 0 aliphatic rings. The largest absolute Gasteiger partial charge is 0.468 e. The van der Waals surface area contributed by atoms with Crippen molar-refractivity contribution in [3.05, 3.63) is 24.2 Å². The van der Waals surface area contributed by atoms with Crippen molar-refractivity contribution in [1.82, 2.24) is 5.43 Å². The van der Waals surface area contributed by atoms with E-state index in [1.807, 2.05) is 0 Å². The Morgan fingerprint density at radius 2 is 2.38 bits per heavy atom. The summed E-state index contributed by atoms with van der Waals surface area (Å²) in [4.78, 5) is 0. The SMILES string of the molecule is CS(=O)(=O)CC(NN)c1ccco1. The molecule has 3 N–H and O–H groups in total. The maximum absolute atomic E-state index is 11.0. The number of rotatable bonds is 4. The van der Waals surface area contributed by atoms with E-state index in [-0.39, 0.29) is 5.75 Å². The van der Waals surface area contributed by atoms with Crippen molar-refractivity contribution < 1.29 is 12.8 Å². The summed E-state index contributed by atoms with van der Waals surface area (Å²) in [6.45, 7) is 0. The molecular formula is C7H12N2O3S. The molecule has 0 fully saturated rings. The molecular weight excluding hydrogens is 192 g/mol. The summed E-state index contributed by atoms with van der Waals surface area (Å²) in [5.74, 6) is 5.65. The second-order valence-corrected chi connectivity index (χ2v) is 5.01. The van der Waals surface area contributed by atoms with Crippen molar-refractivity contribution in [1.29, 1.82) is 0 Å². The van der Waals surface area contributed by atoms with Gasteiger partial charge in [0.1, 0.15) is 15.6 Å². The van der Waals surface area contributed by atoms with Crippen molar-refractivity contribution in [2.24, 2.45) is 5.84 Å². The zero-order chi connectivity index (χ0) is 9.90. The quantitative estimate of drug-likeness (QED) is 0.525. The van der Waals surface area contributed by atoms with E-state index in [9.17, 15) is 8.42 Å². The summed E-state index contributed by atoms with van der Waals surface area (Å²) in [5, 5.41) is 0. The molecule has 1 atom stereocenters. The summed E-state index contributed by atoms with van der Waals surface area (Å²) in [6, 6.07) is 2.88. The van der Waals surface area contributed by atoms with Crippen molar-refractivity contribution in [2.75, 3.05) is 12.0 Å². The molecule has 6 heteroatoms. The van der Waals surface area contributed by atoms with E-state index in [1.165, 1.54) is 6.26 Å². The van der Waals surface area contributed by atoms with E-state index < -0.39 is 15.9 Å². The van der Waals surface area contributed by atoms with Gasteiger partial charge in [0.15, 0.2) is 0 Å². The van der Waals surface area contributed by atoms with Gasteiger partial charge in [-0.1, -0.05) is 0 Å². The van der Waals surface area contributed by atoms with Crippen LogP contribution in [0.25, 0.3) is 0 Å². The third kappa shape index (κ3) is 3.17. The summed E-state index contributed by atoms with van der Waals surface area (Å²) >= 11 is 0. The molecule has 0 amide bonds. The standard InChI is InChI=1S/C7H12N2O3S/c1-13(10,11)5-6(9-8)7-3-2-4-12-7/h2-4,6,9H,5,8H2,1H3. The van der Waals surface area contributed by atoms with Gasteiger partial charge >= 0.3 is 0 Å². The maximum atomic E-state index is 11.0. The number of nitrogens with two attached hydrogens (primary N) is 1. The highest BCUT2D eigenvalue weighted by atomic mass is 32.2. The minimum absolute atomic E-state index is 0.0724. The molecule has 0 aliphatic heterocycles. The lowest BCUT2D eigenvalue weighted by molar-refractivity contribution is 0.436. The van der Waals surface area contributed by atoms with Gasteiger partial charge in [0, 0.05) is 6.26 Å². The van der Waals surface area contributed by atoms with Gasteiger partial charge in [0.05, 0.1) is 18.1 Å². The van der Waals surface area contributed by atoms with Gasteiger partial charge in [-0.05, 0) is 12.1 Å². The predicted octanol–water partition coefficient (Wildman–Crippen LogP) is -0.171. The highest BCUT2D eigenvalue weighted by Gasteiger charge is 2.17. The first-order valence-corrected chi connectivity index (χ1v) is 5.76. The molecule has 1 aromatic heterocycles. The summed E-state index contributed by atoms with van der Waals surface area (Å²) in [6.07, 6.45) is 2.63. The van der Waals surface area contributed by atoms with Crippen LogP contribution in [0.2, 0.25) is 0 Å². The van der Waals surface area contributed by atoms with Crippen LogP contribution in [0.5, 0.6) is 0 Å². The van der Waals surface area contributed by atoms with Crippen LogP contribution in [0.4, 0.5) is 0 Å². The molecule has 0 bridgehead atoms. The summed E-state index contributed by atoms with van der Waals surface area (Å²) < 4.78 is 26.9. The zero-order valence-corrected chi connectivity index (χ0v) is 8.04. The molecule has 1 unspecified atom stereocenters. The number of hydrogen-bond acceptors (Lipinski definition) is 5. The molecule has 1 heterocycles. The first-order chi connectivity index (χ1) is 6.03. The van der Waals surface area contributed by atoms with Crippen LogP contribution < -0.4 is 11.3 Å². The molecule has 0 aliphatic carbocycles. The van der Waals surface area contributed by atoms with E-state index >= 15 is 0 Å². The Kier molecular flexibility index (Phi) is 3.07. The third-order valence-electron chi connectivity index (χ3n) is 1.56. The number of nitrogens with one attached hydrogen (secondary N) is 1. The summed E-state index contributed by atoms with van der Waals surface area (Å²) in [7, 11) is -3.06. The summed E-state index contributed by atoms with van der Waals surface area (Å²) in [5.41, 5.74) is 2.39. The molecule has 0 saturated carbocycles. The van der Waals surface area contributed by atoms with E-state index in [0.717, 1.165) is 6.26 Å². The minimum atomic E-state index is -3.06. The smallest absolute Gasteiger partial charge is 0.149 e. The first kappa shape index (κ1) is 10.2. The van der Waals surface area contributed by atoms with Crippen molar-refractivity contribution >= 4 is 9.84 Å². The zero-order valence-electron chi connectivity index (χ0n) is 7.23. The highest BCUT2D eigenvalue weighted by molar-refractivity contribution is 7.90. The van der Waals surface area contributed by atoms with Gasteiger partial charge in [0.25, 0.3) is 0 Å². The number of sulfone groups is 1. The van der Waals surface area contributed by atoms with Crippen LogP contribution in [0, 0.1) is 0 Å². The predicted molar refractivity (Wildman–Crippen MR) is 48.5 cm³/mol. The second-order valence-electron chi connectivity index (χ2n) is 2.83. The lowest BCUT2D eigenvalue weighted by atomic mass is 10.3. The Morgan fingerprint density at radius 1 is 1.69 bits per heavy atom. The first-order valence-electron chi connectivity index (χ1n) is 3.70. The highest BCUT2D eigenvalue weighted by Crippen LogP contribution is 2.13. The Labute approximate surface area is 76.8 Å². The van der Waals surface area contributed by atoms with Crippen LogP contribution in [0.3, 0.4) is 0 Å². The van der Waals surface area contributed by atoms with E-state index in [2.05, 4.69) is 5.43 Å². The fourth-order valence-electron chi connectivity index (χ4n) is 1.00. The van der Waals surface area contributed by atoms with Crippen LogP contribution in [-0.4, -0.2) is 20.4 Å². The monoisotopic (exact) mass is 204 g/mol. The van der Waals surface area contributed by atoms with Crippen LogP contribution in [0.1, 0.15) is 11.8 Å². The van der Waals surface area contributed by atoms with Crippen molar-refractivity contribution in [3.63, 3.8) is 0 Å². The van der Waals surface area contributed by atoms with E-state index in [4.69, 9.17) is 10.3 Å². The van der Waals surface area contributed by atoms with Crippen LogP contribution >= 0.6 is 0 Å². The van der Waals surface area contributed by atoms with Gasteiger partial charge in [-0.2, -0.15) is 0 Å². The van der Waals surface area contributed by atoms with Gasteiger partial charge in [-0.25, -0.2) is 13.8 Å².